The van der Waals surface area contributed by atoms with Crippen molar-refractivity contribution in [3.8, 4) is 0 Å². The number of hydrogen-bond acceptors (Lipinski definition) is 5. The second-order valence-corrected chi connectivity index (χ2v) is 5.10. The van der Waals surface area contributed by atoms with E-state index in [2.05, 4.69) is 39.1 Å². The third-order valence-electron chi connectivity index (χ3n) is 3.82. The Kier molecular flexibility index (Phi) is 4.96. The Bertz CT molecular complexity index is 401. The van der Waals surface area contributed by atoms with Crippen LogP contribution >= 0.6 is 0 Å². The summed E-state index contributed by atoms with van der Waals surface area (Å²) < 4.78 is 0. The second kappa shape index (κ2) is 6.70. The molecule has 19 heavy (non-hydrogen) atoms. The van der Waals surface area contributed by atoms with E-state index < -0.39 is 0 Å². The van der Waals surface area contributed by atoms with Crippen molar-refractivity contribution in [1.29, 1.82) is 0 Å². The summed E-state index contributed by atoms with van der Waals surface area (Å²) in [5.74, 6) is 2.00. The van der Waals surface area contributed by atoms with Gasteiger partial charge in [-0.15, -0.1) is 0 Å². The first-order valence-electron chi connectivity index (χ1n) is 7.21. The van der Waals surface area contributed by atoms with E-state index in [0.717, 1.165) is 31.1 Å². The lowest BCUT2D eigenvalue weighted by Gasteiger charge is -2.24. The first-order valence-corrected chi connectivity index (χ1v) is 7.21. The van der Waals surface area contributed by atoms with Gasteiger partial charge in [0.05, 0.1) is 0 Å². The van der Waals surface area contributed by atoms with Crippen molar-refractivity contribution in [2.45, 2.75) is 26.2 Å². The molecular weight excluding hydrogens is 238 g/mol. The maximum absolute atomic E-state index is 4.46. The van der Waals surface area contributed by atoms with Crippen LogP contribution in [0.25, 0.3) is 0 Å². The molecule has 0 saturated carbocycles. The lowest BCUT2D eigenvalue weighted by atomic mass is 10.2. The highest BCUT2D eigenvalue weighted by Crippen LogP contribution is 2.22. The quantitative estimate of drug-likeness (QED) is 0.845. The van der Waals surface area contributed by atoms with Crippen molar-refractivity contribution in [3.05, 3.63) is 11.9 Å². The van der Waals surface area contributed by atoms with E-state index >= 15 is 0 Å². The number of likely N-dealkylation sites (tertiary alicyclic amines) is 1. The number of nitrogens with one attached hydrogen (secondary N) is 1. The fourth-order valence-corrected chi connectivity index (χ4v) is 2.68. The zero-order chi connectivity index (χ0) is 13.7. The highest BCUT2D eigenvalue weighted by atomic mass is 15.2. The van der Waals surface area contributed by atoms with Crippen LogP contribution in [0.15, 0.2) is 6.33 Å². The zero-order valence-corrected chi connectivity index (χ0v) is 12.3. The number of nitrogens with zero attached hydrogens (tertiary/aromatic N) is 4. The topological polar surface area (TPSA) is 44.3 Å². The van der Waals surface area contributed by atoms with E-state index in [9.17, 15) is 0 Å². The number of hydrogen-bond donors (Lipinski definition) is 1. The molecule has 0 amide bonds. The standard InChI is InChI=1S/C14H25N5/c1-4-12-13(15-2)16-11-17-14(12)18(3)9-10-19-7-5-6-8-19/h11H,4-10H2,1-3H3,(H,15,16,17). The average Bonchev–Trinajstić information content (AvgIpc) is 2.97. The van der Waals surface area contributed by atoms with Crippen molar-refractivity contribution >= 4 is 11.6 Å². The molecule has 1 aromatic rings. The van der Waals surface area contributed by atoms with E-state index in [1.54, 1.807) is 6.33 Å². The van der Waals surface area contributed by atoms with Gasteiger partial charge in [-0.3, -0.25) is 0 Å². The molecule has 0 spiro atoms. The Balaban J connectivity index is 2.02. The van der Waals surface area contributed by atoms with E-state index in [1.807, 2.05) is 7.05 Å². The summed E-state index contributed by atoms with van der Waals surface area (Å²) in [4.78, 5) is 13.5. The zero-order valence-electron chi connectivity index (χ0n) is 12.3. The minimum Gasteiger partial charge on any atom is -0.373 e. The largest absolute Gasteiger partial charge is 0.373 e. The Morgan fingerprint density at radius 2 is 2.05 bits per heavy atom. The highest BCUT2D eigenvalue weighted by molar-refractivity contribution is 5.58. The van der Waals surface area contributed by atoms with Crippen LogP contribution in [0.4, 0.5) is 11.6 Å². The predicted molar refractivity (Wildman–Crippen MR) is 79.9 cm³/mol. The van der Waals surface area contributed by atoms with Crippen LogP contribution in [0.1, 0.15) is 25.3 Å². The Morgan fingerprint density at radius 1 is 1.32 bits per heavy atom. The molecule has 0 atom stereocenters. The van der Waals surface area contributed by atoms with Gasteiger partial charge in [-0.25, -0.2) is 9.97 Å². The molecule has 2 heterocycles. The molecule has 0 aromatic carbocycles. The SMILES string of the molecule is CCc1c(NC)ncnc1N(C)CCN1CCCC1. The van der Waals surface area contributed by atoms with Gasteiger partial charge >= 0.3 is 0 Å². The fourth-order valence-electron chi connectivity index (χ4n) is 2.68. The molecule has 1 aromatic heterocycles. The van der Waals surface area contributed by atoms with Gasteiger partial charge in [0, 0.05) is 32.7 Å². The van der Waals surface area contributed by atoms with Gasteiger partial charge in [0.2, 0.25) is 0 Å². The van der Waals surface area contributed by atoms with E-state index in [1.165, 1.54) is 31.5 Å². The highest BCUT2D eigenvalue weighted by Gasteiger charge is 2.15. The summed E-state index contributed by atoms with van der Waals surface area (Å²) in [7, 11) is 4.03. The van der Waals surface area contributed by atoms with Crippen molar-refractivity contribution in [2.24, 2.45) is 0 Å². The van der Waals surface area contributed by atoms with Gasteiger partial charge in [0.25, 0.3) is 0 Å². The summed E-state index contributed by atoms with van der Waals surface area (Å²) >= 11 is 0. The molecule has 1 N–H and O–H groups in total. The van der Waals surface area contributed by atoms with Gasteiger partial charge in [-0.1, -0.05) is 6.92 Å². The van der Waals surface area contributed by atoms with E-state index in [0.29, 0.717) is 0 Å². The van der Waals surface area contributed by atoms with Crippen molar-refractivity contribution in [3.63, 3.8) is 0 Å². The predicted octanol–water partition coefficient (Wildman–Crippen LogP) is 1.61. The van der Waals surface area contributed by atoms with E-state index in [-0.39, 0.29) is 0 Å². The molecule has 0 aliphatic carbocycles. The monoisotopic (exact) mass is 263 g/mol. The third kappa shape index (κ3) is 3.35. The number of rotatable bonds is 6. The molecule has 0 radical (unpaired) electrons. The molecule has 1 aliphatic heterocycles. The first kappa shape index (κ1) is 14.1. The number of aromatic nitrogens is 2. The fraction of sp³-hybridized carbons (Fsp3) is 0.714. The van der Waals surface area contributed by atoms with E-state index in [4.69, 9.17) is 0 Å². The molecule has 1 saturated heterocycles. The summed E-state index contributed by atoms with van der Waals surface area (Å²) in [5, 5.41) is 3.15. The molecular formula is C14H25N5. The third-order valence-corrected chi connectivity index (χ3v) is 3.82. The molecule has 0 unspecified atom stereocenters. The Hall–Kier alpha value is -1.36. The van der Waals surface area contributed by atoms with Gasteiger partial charge in [-0.2, -0.15) is 0 Å². The molecule has 1 aliphatic rings. The van der Waals surface area contributed by atoms with Crippen molar-refractivity contribution in [2.75, 3.05) is 50.5 Å². The van der Waals surface area contributed by atoms with Crippen LogP contribution < -0.4 is 10.2 Å². The van der Waals surface area contributed by atoms with Crippen molar-refractivity contribution < 1.29 is 0 Å². The van der Waals surface area contributed by atoms with Gasteiger partial charge in [-0.05, 0) is 32.4 Å². The van der Waals surface area contributed by atoms with Crippen LogP contribution in [0.2, 0.25) is 0 Å². The van der Waals surface area contributed by atoms with Crippen LogP contribution in [-0.2, 0) is 6.42 Å². The molecule has 106 valence electrons. The minimum atomic E-state index is 0.945. The van der Waals surface area contributed by atoms with Crippen molar-refractivity contribution in [1.82, 2.24) is 14.9 Å². The smallest absolute Gasteiger partial charge is 0.137 e. The molecule has 5 heteroatoms. The maximum atomic E-state index is 4.46. The van der Waals surface area contributed by atoms with Gasteiger partial charge < -0.3 is 15.1 Å². The Morgan fingerprint density at radius 3 is 2.68 bits per heavy atom. The van der Waals surface area contributed by atoms with Crippen LogP contribution in [0, 0.1) is 0 Å². The second-order valence-electron chi connectivity index (χ2n) is 5.10. The Labute approximate surface area is 116 Å². The number of likely N-dealkylation sites (N-methyl/N-ethyl adjacent to an activating group) is 1. The lowest BCUT2D eigenvalue weighted by Crippen LogP contribution is -2.32. The van der Waals surface area contributed by atoms with Gasteiger partial charge in [0.15, 0.2) is 0 Å². The van der Waals surface area contributed by atoms with Crippen LogP contribution in [0.3, 0.4) is 0 Å². The summed E-state index contributed by atoms with van der Waals surface area (Å²) in [5.41, 5.74) is 1.20. The minimum absolute atomic E-state index is 0.945. The summed E-state index contributed by atoms with van der Waals surface area (Å²) in [6.07, 6.45) is 5.29. The normalized spacial score (nSPS) is 15.7. The van der Waals surface area contributed by atoms with Gasteiger partial charge in [0.1, 0.15) is 18.0 Å². The average molecular weight is 263 g/mol. The maximum Gasteiger partial charge on any atom is 0.137 e. The molecule has 5 nitrogen and oxygen atoms in total. The lowest BCUT2D eigenvalue weighted by molar-refractivity contribution is 0.346. The molecule has 2 rings (SSSR count). The van der Waals surface area contributed by atoms with Crippen LogP contribution in [-0.4, -0.2) is 55.1 Å². The number of anilines is 2. The van der Waals surface area contributed by atoms with Crippen LogP contribution in [0.5, 0.6) is 0 Å². The summed E-state index contributed by atoms with van der Waals surface area (Å²) in [6.45, 7) is 6.79. The molecule has 0 bridgehead atoms. The molecule has 1 fully saturated rings. The first-order chi connectivity index (χ1) is 9.26. The summed E-state index contributed by atoms with van der Waals surface area (Å²) in [6, 6.07) is 0.